The van der Waals surface area contributed by atoms with Crippen molar-refractivity contribution in [1.29, 1.82) is 0 Å². The van der Waals surface area contributed by atoms with Crippen molar-refractivity contribution in [1.82, 2.24) is 0 Å². The summed E-state index contributed by atoms with van der Waals surface area (Å²) >= 11 is 0. The molecule has 3 heteroatoms. The highest BCUT2D eigenvalue weighted by Crippen LogP contribution is 2.67. The van der Waals surface area contributed by atoms with Gasteiger partial charge in [0, 0.05) is 12.8 Å². The Bertz CT molecular complexity index is 1250. The van der Waals surface area contributed by atoms with Crippen molar-refractivity contribution >= 4 is 5.78 Å². The third-order valence-corrected chi connectivity index (χ3v) is 9.50. The van der Waals surface area contributed by atoms with E-state index < -0.39 is 11.2 Å². The van der Waals surface area contributed by atoms with E-state index in [-0.39, 0.29) is 17.3 Å². The predicted molar refractivity (Wildman–Crippen MR) is 195 cm³/mol. The number of ketones is 1. The van der Waals surface area contributed by atoms with E-state index in [4.69, 9.17) is 4.74 Å². The molecule has 4 unspecified atom stereocenters. The first-order valence-corrected chi connectivity index (χ1v) is 17.0. The van der Waals surface area contributed by atoms with Crippen LogP contribution in [-0.4, -0.2) is 28.2 Å². The van der Waals surface area contributed by atoms with Crippen molar-refractivity contribution in [2.45, 2.75) is 139 Å². The minimum Gasteiger partial charge on any atom is -0.393 e. The Morgan fingerprint density at radius 3 is 2.00 bits per heavy atom. The average Bonchev–Trinajstić information content (AvgIpc) is 3.56. The standard InChI is InChI=1S/C29H40O3.C11H18.C2H6/c1-8-9-10-14-22(2)15-11-12-16-23(3)17-13-18-24(4)26(31)21-29-27(5,6)19-25(30)20-28(29,7)32-29;1-5-10-7-6-9(2)8-11(10,3)4;1-2/h8-18,25,30H,19-21H2,1-7H3;9H,1,6-8H2,2-4H3;1-2H3/b9-8-,12-11+,14-10+,17-13+,22-15+,23-16+,24-18+;;. The van der Waals surface area contributed by atoms with Crippen LogP contribution in [0.15, 0.2) is 101 Å². The number of carbonyl (C=O) groups is 1. The molecule has 1 N–H and O–H groups in total. The van der Waals surface area contributed by atoms with Crippen LogP contribution in [0.3, 0.4) is 0 Å². The Balaban J connectivity index is 0.000000649. The van der Waals surface area contributed by atoms with Gasteiger partial charge in [-0.2, -0.15) is 0 Å². The average molecular weight is 617 g/mol. The van der Waals surface area contributed by atoms with E-state index in [1.807, 2.05) is 96.2 Å². The van der Waals surface area contributed by atoms with Crippen molar-refractivity contribution < 1.29 is 14.6 Å². The zero-order chi connectivity index (χ0) is 34.5. The number of hydrogen-bond donors (Lipinski definition) is 1. The van der Waals surface area contributed by atoms with Crippen LogP contribution in [-0.2, 0) is 9.53 Å². The van der Waals surface area contributed by atoms with Gasteiger partial charge in [-0.1, -0.05) is 133 Å². The van der Waals surface area contributed by atoms with Gasteiger partial charge in [0.15, 0.2) is 5.78 Å². The lowest BCUT2D eigenvalue weighted by molar-refractivity contribution is -0.118. The number of epoxide rings is 1. The van der Waals surface area contributed by atoms with Crippen molar-refractivity contribution in [2.24, 2.45) is 16.7 Å². The third kappa shape index (κ3) is 11.5. The second-order valence-corrected chi connectivity index (χ2v) is 14.4. The molecule has 0 bridgehead atoms. The number of allylic oxidation sites excluding steroid dienone is 15. The summed E-state index contributed by atoms with van der Waals surface area (Å²) in [6, 6.07) is 0. The van der Waals surface area contributed by atoms with Crippen LogP contribution >= 0.6 is 0 Å². The Morgan fingerprint density at radius 1 is 0.911 bits per heavy atom. The van der Waals surface area contributed by atoms with Crippen LogP contribution in [0, 0.1) is 16.7 Å². The van der Waals surface area contributed by atoms with E-state index in [1.165, 1.54) is 30.4 Å². The molecule has 1 heterocycles. The smallest absolute Gasteiger partial charge is 0.161 e. The molecule has 0 aromatic heterocycles. The first-order valence-electron chi connectivity index (χ1n) is 17.0. The largest absolute Gasteiger partial charge is 0.393 e. The molecule has 4 atom stereocenters. The third-order valence-electron chi connectivity index (χ3n) is 9.50. The van der Waals surface area contributed by atoms with Gasteiger partial charge in [0.1, 0.15) is 5.60 Å². The van der Waals surface area contributed by atoms with E-state index in [9.17, 15) is 9.90 Å². The molecule has 2 aliphatic carbocycles. The number of hydrogen-bond acceptors (Lipinski definition) is 3. The molecule has 3 nitrogen and oxygen atoms in total. The number of fused-ring (bicyclic) bond motifs is 1. The van der Waals surface area contributed by atoms with Crippen molar-refractivity contribution in [3.05, 3.63) is 101 Å². The molecule has 45 heavy (non-hydrogen) atoms. The molecule has 3 aliphatic rings. The molecular weight excluding hydrogens is 552 g/mol. The van der Waals surface area contributed by atoms with Crippen LogP contribution in [0.25, 0.3) is 0 Å². The van der Waals surface area contributed by atoms with Gasteiger partial charge in [-0.15, -0.1) is 5.73 Å². The normalized spacial score (nSPS) is 29.6. The quantitative estimate of drug-likeness (QED) is 0.121. The topological polar surface area (TPSA) is 49.8 Å². The minimum atomic E-state index is -0.469. The van der Waals surface area contributed by atoms with Gasteiger partial charge in [0.2, 0.25) is 0 Å². The van der Waals surface area contributed by atoms with Crippen LogP contribution in [0.4, 0.5) is 0 Å². The number of Topliss-reactive ketones (excluding diaryl/α,β-unsaturated/α-hetero) is 1. The van der Waals surface area contributed by atoms with Crippen molar-refractivity contribution in [3.8, 4) is 0 Å². The Labute approximate surface area is 277 Å². The molecule has 3 fully saturated rings. The van der Waals surface area contributed by atoms with Crippen LogP contribution in [0.1, 0.15) is 122 Å². The predicted octanol–water partition coefficient (Wildman–Crippen LogP) is 11.3. The summed E-state index contributed by atoms with van der Waals surface area (Å²) in [5.41, 5.74) is 6.78. The van der Waals surface area contributed by atoms with Gasteiger partial charge >= 0.3 is 0 Å². The molecule has 3 rings (SSSR count). The van der Waals surface area contributed by atoms with Gasteiger partial charge in [0.25, 0.3) is 0 Å². The summed E-state index contributed by atoms with van der Waals surface area (Å²) in [6.07, 6.45) is 27.1. The number of carbonyl (C=O) groups excluding carboxylic acids is 1. The zero-order valence-electron chi connectivity index (χ0n) is 30.7. The first kappa shape index (κ1) is 40.3. The molecule has 0 amide bonds. The maximum absolute atomic E-state index is 12.9. The maximum Gasteiger partial charge on any atom is 0.161 e. The molecule has 0 radical (unpaired) electrons. The van der Waals surface area contributed by atoms with Crippen LogP contribution in [0.2, 0.25) is 0 Å². The monoisotopic (exact) mass is 616 g/mol. The lowest BCUT2D eigenvalue weighted by atomic mass is 9.61. The second-order valence-electron chi connectivity index (χ2n) is 14.4. The molecule has 1 aliphatic heterocycles. The van der Waals surface area contributed by atoms with Gasteiger partial charge < -0.3 is 9.84 Å². The van der Waals surface area contributed by atoms with Gasteiger partial charge in [-0.05, 0) is 88.2 Å². The summed E-state index contributed by atoms with van der Waals surface area (Å²) in [5.74, 6) is 0.984. The summed E-state index contributed by atoms with van der Waals surface area (Å²) in [4.78, 5) is 12.9. The fourth-order valence-corrected chi connectivity index (χ4v) is 6.96. The zero-order valence-corrected chi connectivity index (χ0v) is 30.7. The minimum absolute atomic E-state index is 0.107. The van der Waals surface area contributed by atoms with Crippen molar-refractivity contribution in [2.75, 3.05) is 0 Å². The Kier molecular flexibility index (Phi) is 16.0. The molecule has 250 valence electrons. The molecule has 0 aromatic rings. The molecule has 0 spiro atoms. The van der Waals surface area contributed by atoms with E-state index in [0.717, 1.165) is 17.1 Å². The SMILES string of the molecule is C=C=C1CCC(C)CC1(C)C.CC.C\C=C/C=C/C(C)=C/C=C/C=C(C)/C=C/C=C(\C)C(=O)CC12OC1(C)CC(O)CC2(C)C. The van der Waals surface area contributed by atoms with E-state index >= 15 is 0 Å². The fourth-order valence-electron chi connectivity index (χ4n) is 6.96. The number of ether oxygens (including phenoxy) is 1. The molecule has 2 saturated carbocycles. The van der Waals surface area contributed by atoms with Gasteiger partial charge in [0.05, 0.1) is 11.7 Å². The second kappa shape index (κ2) is 17.8. The summed E-state index contributed by atoms with van der Waals surface area (Å²) in [5, 5.41) is 10.2. The highest BCUT2D eigenvalue weighted by atomic mass is 16.6. The highest BCUT2D eigenvalue weighted by Gasteiger charge is 2.76. The Morgan fingerprint density at radius 2 is 1.49 bits per heavy atom. The van der Waals surface area contributed by atoms with Crippen LogP contribution < -0.4 is 0 Å². The first-order chi connectivity index (χ1) is 21.0. The van der Waals surface area contributed by atoms with E-state index in [2.05, 4.69) is 66.0 Å². The van der Waals surface area contributed by atoms with E-state index in [0.29, 0.717) is 24.7 Å². The summed E-state index contributed by atoms with van der Waals surface area (Å²) in [7, 11) is 0. The molecule has 0 aromatic carbocycles. The molecule has 1 saturated heterocycles. The fraction of sp³-hybridized carbons (Fsp3) is 0.571. The maximum atomic E-state index is 12.9. The molecular formula is C42H64O3. The number of aliphatic hydroxyl groups is 1. The lowest BCUT2D eigenvalue weighted by Crippen LogP contribution is -2.48. The number of rotatable bonds is 9. The lowest BCUT2D eigenvalue weighted by Gasteiger charge is -2.40. The van der Waals surface area contributed by atoms with Crippen molar-refractivity contribution in [3.63, 3.8) is 0 Å². The summed E-state index contributed by atoms with van der Waals surface area (Å²) < 4.78 is 6.15. The summed E-state index contributed by atoms with van der Waals surface area (Å²) in [6.45, 7) is 28.9. The number of aliphatic hydroxyl groups excluding tert-OH is 1. The van der Waals surface area contributed by atoms with Gasteiger partial charge in [-0.3, -0.25) is 4.79 Å². The van der Waals surface area contributed by atoms with Gasteiger partial charge in [-0.25, -0.2) is 0 Å². The van der Waals surface area contributed by atoms with E-state index in [1.54, 1.807) is 0 Å². The van der Waals surface area contributed by atoms with Crippen LogP contribution in [0.5, 0.6) is 0 Å². The Hall–Kier alpha value is -2.71. The highest BCUT2D eigenvalue weighted by molar-refractivity contribution is 5.96.